The van der Waals surface area contributed by atoms with Gasteiger partial charge in [-0.15, -0.1) is 0 Å². The first-order valence-corrected chi connectivity index (χ1v) is 9.56. The molecule has 1 N–H and O–H groups in total. The van der Waals surface area contributed by atoms with Crippen molar-refractivity contribution in [1.82, 2.24) is 10.2 Å². The Morgan fingerprint density at radius 3 is 2.19 bits per heavy atom. The Bertz CT molecular complexity index is 271. The van der Waals surface area contributed by atoms with Gasteiger partial charge in [0.2, 0.25) is 0 Å². The van der Waals surface area contributed by atoms with Crippen molar-refractivity contribution in [3.05, 3.63) is 0 Å². The van der Waals surface area contributed by atoms with Crippen LogP contribution < -0.4 is 5.32 Å². The smallest absolute Gasteiger partial charge is 0.00504 e. The third kappa shape index (κ3) is 5.56. The fourth-order valence-corrected chi connectivity index (χ4v) is 4.80. The molecule has 1 aliphatic heterocycles. The van der Waals surface area contributed by atoms with Gasteiger partial charge < -0.3 is 10.2 Å². The highest BCUT2D eigenvalue weighted by Gasteiger charge is 2.34. The van der Waals surface area contributed by atoms with Crippen LogP contribution in [0.1, 0.15) is 72.1 Å². The number of nitrogens with zero attached hydrogens (tertiary/aromatic N) is 1. The van der Waals surface area contributed by atoms with Crippen molar-refractivity contribution < 1.29 is 0 Å². The molecule has 0 aromatic carbocycles. The summed E-state index contributed by atoms with van der Waals surface area (Å²) >= 11 is 0. The molecule has 1 aliphatic carbocycles. The first-order chi connectivity index (χ1) is 10.1. The predicted molar refractivity (Wildman–Crippen MR) is 92.7 cm³/mol. The molecule has 2 atom stereocenters. The summed E-state index contributed by atoms with van der Waals surface area (Å²) in [6, 6.07) is 0. The molecule has 0 amide bonds. The molecule has 1 saturated heterocycles. The second-order valence-corrected chi connectivity index (χ2v) is 8.23. The normalized spacial score (nSPS) is 31.0. The van der Waals surface area contributed by atoms with Crippen molar-refractivity contribution in [2.45, 2.75) is 72.1 Å². The van der Waals surface area contributed by atoms with E-state index in [0.717, 1.165) is 11.8 Å². The lowest BCUT2D eigenvalue weighted by molar-refractivity contribution is 0.0717. The molecule has 0 aromatic rings. The van der Waals surface area contributed by atoms with Crippen molar-refractivity contribution in [3.63, 3.8) is 0 Å². The molecule has 0 radical (unpaired) electrons. The fraction of sp³-hybridized carbons (Fsp3) is 1.00. The summed E-state index contributed by atoms with van der Waals surface area (Å²) in [5.74, 6) is 1.78. The monoisotopic (exact) mass is 294 g/mol. The van der Waals surface area contributed by atoms with Gasteiger partial charge in [-0.1, -0.05) is 46.5 Å². The molecule has 1 saturated carbocycles. The number of piperidine rings is 1. The molecular formula is C19H38N2. The average molecular weight is 295 g/mol. The van der Waals surface area contributed by atoms with Crippen molar-refractivity contribution in [2.75, 3.05) is 32.7 Å². The summed E-state index contributed by atoms with van der Waals surface area (Å²) in [5.41, 5.74) is 0.558. The van der Waals surface area contributed by atoms with Crippen molar-refractivity contribution >= 4 is 0 Å². The highest BCUT2D eigenvalue weighted by atomic mass is 15.1. The van der Waals surface area contributed by atoms with Gasteiger partial charge in [0.1, 0.15) is 0 Å². The van der Waals surface area contributed by atoms with E-state index in [4.69, 9.17) is 0 Å². The summed E-state index contributed by atoms with van der Waals surface area (Å²) in [7, 11) is 0. The highest BCUT2D eigenvalue weighted by Crippen LogP contribution is 2.36. The van der Waals surface area contributed by atoms with E-state index in [0.29, 0.717) is 5.41 Å². The van der Waals surface area contributed by atoms with Crippen molar-refractivity contribution in [1.29, 1.82) is 0 Å². The van der Waals surface area contributed by atoms with Gasteiger partial charge in [0.15, 0.2) is 0 Å². The number of likely N-dealkylation sites (tertiary alicyclic amines) is 1. The zero-order valence-electron chi connectivity index (χ0n) is 14.8. The standard InChI is InChI=1S/C19H38N2/c1-4-11-20-15-19(9-7-5-6-8-10-19)16-21-13-17(2)12-18(3)14-21/h17-18,20H,4-16H2,1-3H3. The molecule has 2 unspecified atom stereocenters. The minimum Gasteiger partial charge on any atom is -0.316 e. The fourth-order valence-electron chi connectivity index (χ4n) is 4.80. The van der Waals surface area contributed by atoms with Crippen LogP contribution in [0.5, 0.6) is 0 Å². The first kappa shape index (κ1) is 17.3. The largest absolute Gasteiger partial charge is 0.316 e. The lowest BCUT2D eigenvalue weighted by Gasteiger charge is -2.43. The van der Waals surface area contributed by atoms with Crippen molar-refractivity contribution in [3.8, 4) is 0 Å². The molecule has 2 fully saturated rings. The summed E-state index contributed by atoms with van der Waals surface area (Å²) in [6.07, 6.45) is 11.4. The topological polar surface area (TPSA) is 15.3 Å². The third-order valence-electron chi connectivity index (χ3n) is 5.59. The van der Waals surface area contributed by atoms with Crippen LogP contribution in [0.25, 0.3) is 0 Å². The minimum absolute atomic E-state index is 0.558. The minimum atomic E-state index is 0.558. The average Bonchev–Trinajstić information content (AvgIpc) is 2.64. The van der Waals surface area contributed by atoms with Crippen LogP contribution in [0.4, 0.5) is 0 Å². The molecule has 2 aliphatic rings. The molecule has 21 heavy (non-hydrogen) atoms. The molecule has 2 rings (SSSR count). The lowest BCUT2D eigenvalue weighted by Crippen LogP contribution is -2.48. The molecule has 2 nitrogen and oxygen atoms in total. The van der Waals surface area contributed by atoms with Crippen LogP contribution in [0.2, 0.25) is 0 Å². The number of rotatable bonds is 6. The van der Waals surface area contributed by atoms with Crippen LogP contribution in [0.3, 0.4) is 0 Å². The van der Waals surface area contributed by atoms with E-state index < -0.39 is 0 Å². The molecule has 1 heterocycles. The molecule has 124 valence electrons. The van der Waals surface area contributed by atoms with E-state index in [-0.39, 0.29) is 0 Å². The van der Waals surface area contributed by atoms with Gasteiger partial charge in [0.05, 0.1) is 0 Å². The maximum Gasteiger partial charge on any atom is 0.00504 e. The highest BCUT2D eigenvalue weighted by molar-refractivity contribution is 4.89. The van der Waals surface area contributed by atoms with Gasteiger partial charge in [0, 0.05) is 26.2 Å². The van der Waals surface area contributed by atoms with Crippen LogP contribution >= 0.6 is 0 Å². The SMILES string of the molecule is CCCNCC1(CN2CC(C)CC(C)C2)CCCCCC1. The number of nitrogens with one attached hydrogen (secondary N) is 1. The number of hydrogen-bond donors (Lipinski definition) is 1. The molecule has 0 aromatic heterocycles. The molecule has 0 spiro atoms. The van der Waals surface area contributed by atoms with E-state index >= 15 is 0 Å². The Morgan fingerprint density at radius 1 is 1.00 bits per heavy atom. The Hall–Kier alpha value is -0.0800. The quantitative estimate of drug-likeness (QED) is 0.580. The Labute approximate surface area is 133 Å². The van der Waals surface area contributed by atoms with Gasteiger partial charge in [-0.3, -0.25) is 0 Å². The van der Waals surface area contributed by atoms with E-state index in [2.05, 4.69) is 31.0 Å². The zero-order chi connectivity index (χ0) is 15.1. The van der Waals surface area contributed by atoms with E-state index in [1.54, 1.807) is 0 Å². The van der Waals surface area contributed by atoms with Gasteiger partial charge in [-0.2, -0.15) is 0 Å². The summed E-state index contributed by atoms with van der Waals surface area (Å²) in [6.45, 7) is 13.6. The lowest BCUT2D eigenvalue weighted by atomic mass is 9.78. The van der Waals surface area contributed by atoms with Crippen LogP contribution in [-0.2, 0) is 0 Å². The summed E-state index contributed by atoms with van der Waals surface area (Å²) in [5, 5.41) is 3.76. The maximum absolute atomic E-state index is 3.76. The predicted octanol–water partition coefficient (Wildman–Crippen LogP) is 4.30. The molecule has 0 bridgehead atoms. The summed E-state index contributed by atoms with van der Waals surface area (Å²) in [4.78, 5) is 2.80. The van der Waals surface area contributed by atoms with Gasteiger partial charge in [-0.25, -0.2) is 0 Å². The Balaban J connectivity index is 1.96. The molecule has 2 heteroatoms. The van der Waals surface area contributed by atoms with Gasteiger partial charge >= 0.3 is 0 Å². The van der Waals surface area contributed by atoms with Crippen molar-refractivity contribution in [2.24, 2.45) is 17.3 Å². The maximum atomic E-state index is 3.76. The van der Waals surface area contributed by atoms with Crippen LogP contribution in [0, 0.1) is 17.3 Å². The second-order valence-electron chi connectivity index (χ2n) is 8.23. The van der Waals surface area contributed by atoms with Gasteiger partial charge in [0.25, 0.3) is 0 Å². The zero-order valence-corrected chi connectivity index (χ0v) is 14.8. The Morgan fingerprint density at radius 2 is 1.62 bits per heavy atom. The first-order valence-electron chi connectivity index (χ1n) is 9.56. The van der Waals surface area contributed by atoms with Gasteiger partial charge in [-0.05, 0) is 49.5 Å². The molecular weight excluding hydrogens is 256 g/mol. The third-order valence-corrected chi connectivity index (χ3v) is 5.59. The van der Waals surface area contributed by atoms with E-state index in [1.807, 2.05) is 0 Å². The Kier molecular flexibility index (Phi) is 7.01. The van der Waals surface area contributed by atoms with Crippen LogP contribution in [-0.4, -0.2) is 37.6 Å². The second kappa shape index (κ2) is 8.53. The summed E-state index contributed by atoms with van der Waals surface area (Å²) < 4.78 is 0. The van der Waals surface area contributed by atoms with E-state index in [1.165, 1.54) is 84.1 Å². The number of hydrogen-bond acceptors (Lipinski definition) is 2. The van der Waals surface area contributed by atoms with E-state index in [9.17, 15) is 0 Å². The van der Waals surface area contributed by atoms with Crippen LogP contribution in [0.15, 0.2) is 0 Å².